The van der Waals surface area contributed by atoms with Crippen molar-refractivity contribution in [1.82, 2.24) is 20.5 Å². The highest BCUT2D eigenvalue weighted by molar-refractivity contribution is 5.32. The molecule has 0 radical (unpaired) electrons. The number of anilines is 1. The van der Waals surface area contributed by atoms with Crippen molar-refractivity contribution in [2.75, 3.05) is 24.5 Å². The number of aromatic amines is 1. The third-order valence-electron chi connectivity index (χ3n) is 3.77. The minimum absolute atomic E-state index is 0.120. The molecule has 0 aliphatic carbocycles. The summed E-state index contributed by atoms with van der Waals surface area (Å²) in [5.41, 5.74) is 0. The molecule has 3 rings (SSSR count). The third kappa shape index (κ3) is 2.83. The van der Waals surface area contributed by atoms with Crippen LogP contribution >= 0.6 is 0 Å². The topological polar surface area (TPSA) is 56.8 Å². The zero-order valence-electron chi connectivity index (χ0n) is 10.4. The molecule has 8 heteroatoms. The maximum Gasteiger partial charge on any atom is 0.396 e. The van der Waals surface area contributed by atoms with Gasteiger partial charge in [0, 0.05) is 19.1 Å². The molecule has 2 saturated heterocycles. The highest BCUT2D eigenvalue weighted by atomic mass is 19.4. The van der Waals surface area contributed by atoms with E-state index in [0.717, 1.165) is 32.5 Å². The van der Waals surface area contributed by atoms with Crippen LogP contribution in [-0.2, 0) is 6.42 Å². The van der Waals surface area contributed by atoms with Crippen molar-refractivity contribution >= 4 is 5.95 Å². The molecule has 0 bridgehead atoms. The van der Waals surface area contributed by atoms with E-state index >= 15 is 0 Å². The summed E-state index contributed by atoms with van der Waals surface area (Å²) in [7, 11) is 0. The van der Waals surface area contributed by atoms with Gasteiger partial charge in [0.05, 0.1) is 0 Å². The first-order valence-corrected chi connectivity index (χ1v) is 6.47. The Morgan fingerprint density at radius 1 is 1.32 bits per heavy atom. The van der Waals surface area contributed by atoms with E-state index in [1.165, 1.54) is 0 Å². The maximum absolute atomic E-state index is 12.3. The van der Waals surface area contributed by atoms with Crippen LogP contribution in [0, 0.1) is 5.92 Å². The molecule has 2 atom stereocenters. The Labute approximate surface area is 108 Å². The van der Waals surface area contributed by atoms with Crippen LogP contribution < -0.4 is 10.2 Å². The number of hydrogen-bond donors (Lipinski definition) is 2. The summed E-state index contributed by atoms with van der Waals surface area (Å²) in [5, 5.41) is 9.72. The summed E-state index contributed by atoms with van der Waals surface area (Å²) >= 11 is 0. The lowest BCUT2D eigenvalue weighted by Crippen LogP contribution is -2.40. The van der Waals surface area contributed by atoms with Gasteiger partial charge in [-0.05, 0) is 25.3 Å². The van der Waals surface area contributed by atoms with E-state index in [2.05, 4.69) is 20.5 Å². The monoisotopic (exact) mass is 275 g/mol. The lowest BCUT2D eigenvalue weighted by atomic mass is 9.94. The first-order chi connectivity index (χ1) is 9.01. The summed E-state index contributed by atoms with van der Waals surface area (Å²) in [6.45, 7) is 2.61. The van der Waals surface area contributed by atoms with Gasteiger partial charge in [-0.25, -0.2) is 0 Å². The number of rotatable bonds is 2. The molecule has 1 aromatic heterocycles. The Hall–Kier alpha value is -1.31. The SMILES string of the molecule is FC(F)(F)Cc1nc(N2CC3CCCNC3C2)n[nH]1. The molecule has 2 unspecified atom stereocenters. The molecule has 106 valence electrons. The Balaban J connectivity index is 1.67. The molecule has 2 aliphatic rings. The fourth-order valence-corrected chi connectivity index (χ4v) is 2.91. The molecule has 2 fully saturated rings. The van der Waals surface area contributed by atoms with E-state index in [9.17, 15) is 13.2 Å². The van der Waals surface area contributed by atoms with Crippen LogP contribution in [0.25, 0.3) is 0 Å². The minimum atomic E-state index is -4.25. The number of fused-ring (bicyclic) bond motifs is 1. The summed E-state index contributed by atoms with van der Waals surface area (Å²) in [4.78, 5) is 5.91. The van der Waals surface area contributed by atoms with Crippen molar-refractivity contribution in [3.8, 4) is 0 Å². The van der Waals surface area contributed by atoms with Gasteiger partial charge in [0.15, 0.2) is 0 Å². The number of nitrogens with zero attached hydrogens (tertiary/aromatic N) is 3. The number of aromatic nitrogens is 3. The van der Waals surface area contributed by atoms with Crippen molar-refractivity contribution in [3.05, 3.63) is 5.82 Å². The van der Waals surface area contributed by atoms with Crippen LogP contribution in [0.15, 0.2) is 0 Å². The van der Waals surface area contributed by atoms with Gasteiger partial charge in [-0.2, -0.15) is 18.2 Å². The van der Waals surface area contributed by atoms with E-state index < -0.39 is 12.6 Å². The molecule has 19 heavy (non-hydrogen) atoms. The first kappa shape index (κ1) is 12.7. The van der Waals surface area contributed by atoms with Gasteiger partial charge in [0.1, 0.15) is 12.2 Å². The maximum atomic E-state index is 12.3. The van der Waals surface area contributed by atoms with E-state index in [4.69, 9.17) is 0 Å². The number of hydrogen-bond acceptors (Lipinski definition) is 4. The van der Waals surface area contributed by atoms with Crippen LogP contribution in [0.5, 0.6) is 0 Å². The van der Waals surface area contributed by atoms with E-state index in [1.54, 1.807) is 0 Å². The Bertz CT molecular complexity index is 430. The summed E-state index contributed by atoms with van der Waals surface area (Å²) in [5.74, 6) is 0.819. The van der Waals surface area contributed by atoms with Gasteiger partial charge in [-0.3, -0.25) is 5.10 Å². The molecule has 0 aromatic carbocycles. The van der Waals surface area contributed by atoms with Crippen molar-refractivity contribution in [2.24, 2.45) is 5.92 Å². The number of halogens is 3. The van der Waals surface area contributed by atoms with Crippen molar-refractivity contribution in [3.63, 3.8) is 0 Å². The smallest absolute Gasteiger partial charge is 0.338 e. The van der Waals surface area contributed by atoms with Crippen LogP contribution in [0.2, 0.25) is 0 Å². The quantitative estimate of drug-likeness (QED) is 0.848. The Morgan fingerprint density at radius 2 is 2.16 bits per heavy atom. The molecule has 0 saturated carbocycles. The van der Waals surface area contributed by atoms with Crippen molar-refractivity contribution in [1.29, 1.82) is 0 Å². The number of nitrogens with one attached hydrogen (secondary N) is 2. The molecule has 3 heterocycles. The van der Waals surface area contributed by atoms with Gasteiger partial charge in [-0.1, -0.05) is 0 Å². The van der Waals surface area contributed by atoms with Gasteiger partial charge in [-0.15, -0.1) is 5.10 Å². The van der Waals surface area contributed by atoms with Gasteiger partial charge < -0.3 is 10.2 Å². The second kappa shape index (κ2) is 4.66. The van der Waals surface area contributed by atoms with Crippen LogP contribution in [0.3, 0.4) is 0 Å². The van der Waals surface area contributed by atoms with Gasteiger partial charge in [0.2, 0.25) is 5.95 Å². The molecule has 0 amide bonds. The predicted molar refractivity (Wildman–Crippen MR) is 62.9 cm³/mol. The largest absolute Gasteiger partial charge is 0.396 e. The van der Waals surface area contributed by atoms with Crippen molar-refractivity contribution < 1.29 is 13.2 Å². The standard InChI is InChI=1S/C11H16F3N5/c12-11(13,14)4-9-16-10(18-17-9)19-5-7-2-1-3-15-8(7)6-19/h7-8,15H,1-6H2,(H,16,17,18). The molecule has 5 nitrogen and oxygen atoms in total. The van der Waals surface area contributed by atoms with E-state index in [0.29, 0.717) is 17.9 Å². The average Bonchev–Trinajstić information content (AvgIpc) is 2.91. The Kier molecular flexibility index (Phi) is 3.12. The van der Waals surface area contributed by atoms with Gasteiger partial charge in [0.25, 0.3) is 0 Å². The summed E-state index contributed by atoms with van der Waals surface area (Å²) in [6, 6.07) is 0.415. The molecular formula is C11H16F3N5. The molecule has 2 aliphatic heterocycles. The van der Waals surface area contributed by atoms with Crippen LogP contribution in [0.1, 0.15) is 18.7 Å². The second-order valence-corrected chi connectivity index (χ2v) is 5.24. The zero-order chi connectivity index (χ0) is 13.5. The highest BCUT2D eigenvalue weighted by Crippen LogP contribution is 2.27. The molecule has 2 N–H and O–H groups in total. The fraction of sp³-hybridized carbons (Fsp3) is 0.818. The van der Waals surface area contributed by atoms with E-state index in [1.807, 2.05) is 4.90 Å². The first-order valence-electron chi connectivity index (χ1n) is 6.47. The third-order valence-corrected chi connectivity index (χ3v) is 3.77. The molecule has 1 aromatic rings. The van der Waals surface area contributed by atoms with Crippen LogP contribution in [-0.4, -0.2) is 47.0 Å². The summed E-state index contributed by atoms with van der Waals surface area (Å²) < 4.78 is 36.8. The highest BCUT2D eigenvalue weighted by Gasteiger charge is 2.36. The average molecular weight is 275 g/mol. The fourth-order valence-electron chi connectivity index (χ4n) is 2.91. The number of piperidine rings is 1. The zero-order valence-corrected chi connectivity index (χ0v) is 10.4. The predicted octanol–water partition coefficient (Wildman–Crippen LogP) is 1.10. The second-order valence-electron chi connectivity index (χ2n) is 5.24. The van der Waals surface area contributed by atoms with Crippen molar-refractivity contribution in [2.45, 2.75) is 31.5 Å². The lowest BCUT2D eigenvalue weighted by molar-refractivity contribution is -0.128. The number of alkyl halides is 3. The Morgan fingerprint density at radius 3 is 2.89 bits per heavy atom. The molecule has 0 spiro atoms. The molecular weight excluding hydrogens is 259 g/mol. The lowest BCUT2D eigenvalue weighted by Gasteiger charge is -2.24. The normalized spacial score (nSPS) is 27.6. The number of H-pyrrole nitrogens is 1. The summed E-state index contributed by atoms with van der Waals surface area (Å²) in [6.07, 6.45) is -2.99. The van der Waals surface area contributed by atoms with Crippen LogP contribution in [0.4, 0.5) is 19.1 Å². The minimum Gasteiger partial charge on any atom is -0.338 e. The van der Waals surface area contributed by atoms with E-state index in [-0.39, 0.29) is 5.82 Å². The van der Waals surface area contributed by atoms with Gasteiger partial charge >= 0.3 is 6.18 Å².